The van der Waals surface area contributed by atoms with Crippen LogP contribution >= 0.6 is 0 Å². The first kappa shape index (κ1) is 27.8. The Hall–Kier alpha value is -6.46. The summed E-state index contributed by atoms with van der Waals surface area (Å²) < 4.78 is 12.4. The first-order valence-electron chi connectivity index (χ1n) is 16.0. The van der Waals surface area contributed by atoms with Gasteiger partial charge in [0.05, 0.1) is 11.7 Å². The summed E-state index contributed by atoms with van der Waals surface area (Å²) >= 11 is 0. The van der Waals surface area contributed by atoms with E-state index in [1.54, 1.807) is 0 Å². The molecule has 8 aromatic rings. The Morgan fingerprint density at radius 1 is 0.458 bits per heavy atom. The molecule has 0 saturated carbocycles. The van der Waals surface area contributed by atoms with Crippen molar-refractivity contribution in [3.63, 3.8) is 0 Å². The molecule has 48 heavy (non-hydrogen) atoms. The quantitative estimate of drug-likeness (QED) is 0.201. The van der Waals surface area contributed by atoms with Crippen molar-refractivity contribution in [1.82, 2.24) is 15.3 Å². The van der Waals surface area contributed by atoms with Crippen molar-refractivity contribution < 1.29 is 8.83 Å². The number of allylic oxidation sites excluding steroid dienone is 2. The van der Waals surface area contributed by atoms with Crippen LogP contribution in [0.4, 0.5) is 0 Å². The molecule has 0 fully saturated rings. The molecule has 1 unspecified atom stereocenters. The minimum Gasteiger partial charge on any atom is -0.436 e. The van der Waals surface area contributed by atoms with E-state index in [2.05, 4.69) is 115 Å². The summed E-state index contributed by atoms with van der Waals surface area (Å²) in [7, 11) is 0. The number of para-hydroxylation sites is 4. The maximum absolute atomic E-state index is 6.18. The SMILES string of the molecule is C1=C(c2ccccc2)C(c2cccc(-c3nc4ccccc4o3)c2)NC(c2cccc(-c3nc4ccccc4o3)c2)=C1c1ccccc1. The van der Waals surface area contributed by atoms with E-state index in [1.807, 2.05) is 54.6 Å². The number of hydrogen-bond donors (Lipinski definition) is 1. The van der Waals surface area contributed by atoms with E-state index < -0.39 is 0 Å². The highest BCUT2D eigenvalue weighted by atomic mass is 16.4. The van der Waals surface area contributed by atoms with E-state index in [4.69, 9.17) is 18.8 Å². The number of benzene rings is 6. The van der Waals surface area contributed by atoms with E-state index in [9.17, 15) is 0 Å². The minimum absolute atomic E-state index is 0.160. The molecular weight excluding hydrogens is 590 g/mol. The third kappa shape index (κ3) is 5.08. The summed E-state index contributed by atoms with van der Waals surface area (Å²) in [5.74, 6) is 1.20. The van der Waals surface area contributed by atoms with E-state index in [-0.39, 0.29) is 6.04 Å². The second-order valence-corrected chi connectivity index (χ2v) is 11.9. The smallest absolute Gasteiger partial charge is 0.227 e. The van der Waals surface area contributed by atoms with Crippen molar-refractivity contribution in [2.24, 2.45) is 0 Å². The standard InChI is InChI=1S/C43H29N3O2/c1-3-13-28(14-4-1)34-27-35(29-15-5-2-6-16-29)41(31-18-12-20-33(26-31)43-45-37-22-8-10-24-39(37)48-43)46-40(34)30-17-11-19-32(25-30)42-44-36-21-7-9-23-38(36)47-42/h1-27,40,46H. The number of nitrogens with zero attached hydrogens (tertiary/aromatic N) is 2. The monoisotopic (exact) mass is 619 g/mol. The maximum atomic E-state index is 6.18. The van der Waals surface area contributed by atoms with E-state index in [0.717, 1.165) is 66.9 Å². The molecule has 0 amide bonds. The van der Waals surface area contributed by atoms with Gasteiger partial charge in [0, 0.05) is 16.7 Å². The molecule has 6 aromatic carbocycles. The second-order valence-electron chi connectivity index (χ2n) is 11.9. The average Bonchev–Trinajstić information content (AvgIpc) is 3.80. The zero-order valence-electron chi connectivity index (χ0n) is 25.9. The summed E-state index contributed by atoms with van der Waals surface area (Å²) in [5, 5.41) is 4.00. The van der Waals surface area contributed by atoms with E-state index in [0.29, 0.717) is 11.8 Å². The number of hydrogen-bond acceptors (Lipinski definition) is 5. The fourth-order valence-corrected chi connectivity index (χ4v) is 6.49. The van der Waals surface area contributed by atoms with Crippen LogP contribution in [0.1, 0.15) is 28.3 Å². The highest BCUT2D eigenvalue weighted by Gasteiger charge is 2.27. The van der Waals surface area contributed by atoms with Gasteiger partial charge in [-0.1, -0.05) is 109 Å². The van der Waals surface area contributed by atoms with Crippen molar-refractivity contribution in [1.29, 1.82) is 0 Å². The van der Waals surface area contributed by atoms with E-state index in [1.165, 1.54) is 5.57 Å². The number of oxazole rings is 2. The molecule has 1 aliphatic rings. The molecule has 1 atom stereocenters. The fraction of sp³-hybridized carbons (Fsp3) is 0.0233. The number of fused-ring (bicyclic) bond motifs is 2. The van der Waals surface area contributed by atoms with Crippen LogP contribution in [0, 0.1) is 0 Å². The predicted molar refractivity (Wildman–Crippen MR) is 192 cm³/mol. The van der Waals surface area contributed by atoms with Crippen LogP contribution in [-0.4, -0.2) is 9.97 Å². The highest BCUT2D eigenvalue weighted by Crippen LogP contribution is 2.42. The summed E-state index contributed by atoms with van der Waals surface area (Å²) in [6.07, 6.45) is 2.33. The van der Waals surface area contributed by atoms with Gasteiger partial charge in [0.15, 0.2) is 11.2 Å². The van der Waals surface area contributed by atoms with E-state index >= 15 is 0 Å². The highest BCUT2D eigenvalue weighted by molar-refractivity contribution is 6.02. The van der Waals surface area contributed by atoms with Gasteiger partial charge in [-0.3, -0.25) is 0 Å². The van der Waals surface area contributed by atoms with Gasteiger partial charge < -0.3 is 14.2 Å². The summed E-state index contributed by atoms with van der Waals surface area (Å²) in [5.41, 5.74) is 12.8. The lowest BCUT2D eigenvalue weighted by molar-refractivity contribution is 0.619. The molecule has 1 N–H and O–H groups in total. The van der Waals surface area contributed by atoms with Crippen LogP contribution in [0.15, 0.2) is 173 Å². The third-order valence-electron chi connectivity index (χ3n) is 8.81. The Morgan fingerprint density at radius 2 is 0.979 bits per heavy atom. The lowest BCUT2D eigenvalue weighted by atomic mass is 9.84. The Bertz CT molecular complexity index is 2420. The van der Waals surface area contributed by atoms with Crippen LogP contribution in [0.5, 0.6) is 0 Å². The van der Waals surface area contributed by atoms with Gasteiger partial charge in [-0.15, -0.1) is 0 Å². The molecule has 2 aromatic heterocycles. The van der Waals surface area contributed by atoms with Gasteiger partial charge in [0.1, 0.15) is 11.0 Å². The summed E-state index contributed by atoms with van der Waals surface area (Å²) in [6.45, 7) is 0. The lowest BCUT2D eigenvalue weighted by Gasteiger charge is -2.32. The Balaban J connectivity index is 1.21. The largest absolute Gasteiger partial charge is 0.436 e. The first-order chi connectivity index (χ1) is 23.8. The van der Waals surface area contributed by atoms with Crippen LogP contribution < -0.4 is 5.32 Å². The first-order valence-corrected chi connectivity index (χ1v) is 16.0. The molecule has 9 rings (SSSR count). The van der Waals surface area contributed by atoms with Crippen molar-refractivity contribution in [3.05, 3.63) is 186 Å². The topological polar surface area (TPSA) is 64.1 Å². The van der Waals surface area contributed by atoms with Gasteiger partial charge in [0.25, 0.3) is 0 Å². The molecule has 5 nitrogen and oxygen atoms in total. The van der Waals surface area contributed by atoms with Gasteiger partial charge >= 0.3 is 0 Å². The molecular formula is C43H29N3O2. The number of aromatic nitrogens is 2. The van der Waals surface area contributed by atoms with Gasteiger partial charge in [-0.05, 0) is 82.4 Å². The van der Waals surface area contributed by atoms with Gasteiger partial charge in [0.2, 0.25) is 11.8 Å². The number of dihydropyridines is 1. The van der Waals surface area contributed by atoms with Crippen molar-refractivity contribution in [2.75, 3.05) is 0 Å². The molecule has 228 valence electrons. The minimum atomic E-state index is -0.160. The lowest BCUT2D eigenvalue weighted by Crippen LogP contribution is -2.25. The molecule has 3 heterocycles. The van der Waals surface area contributed by atoms with Crippen LogP contribution in [0.2, 0.25) is 0 Å². The van der Waals surface area contributed by atoms with Gasteiger partial charge in [-0.25, -0.2) is 9.97 Å². The second kappa shape index (κ2) is 11.7. The molecule has 5 heteroatoms. The predicted octanol–water partition coefficient (Wildman–Crippen LogP) is 10.6. The zero-order valence-corrected chi connectivity index (χ0v) is 25.9. The Morgan fingerprint density at radius 3 is 1.62 bits per heavy atom. The average molecular weight is 620 g/mol. The van der Waals surface area contributed by atoms with Gasteiger partial charge in [-0.2, -0.15) is 0 Å². The fourth-order valence-electron chi connectivity index (χ4n) is 6.49. The normalized spacial score (nSPS) is 14.7. The molecule has 0 aliphatic carbocycles. The van der Waals surface area contributed by atoms with Crippen molar-refractivity contribution in [3.8, 4) is 22.9 Å². The Labute approximate surface area is 277 Å². The zero-order chi connectivity index (χ0) is 31.9. The van der Waals surface area contributed by atoms with Crippen LogP contribution in [0.25, 0.3) is 62.0 Å². The molecule has 0 spiro atoms. The molecule has 1 aliphatic heterocycles. The number of rotatable bonds is 6. The van der Waals surface area contributed by atoms with Crippen molar-refractivity contribution >= 4 is 39.0 Å². The molecule has 0 bridgehead atoms. The van der Waals surface area contributed by atoms with Crippen molar-refractivity contribution in [2.45, 2.75) is 6.04 Å². The molecule has 0 saturated heterocycles. The van der Waals surface area contributed by atoms with Crippen LogP contribution in [0.3, 0.4) is 0 Å². The number of nitrogens with one attached hydrogen (secondary N) is 1. The molecule has 0 radical (unpaired) electrons. The summed E-state index contributed by atoms with van der Waals surface area (Å²) in [6, 6.07) is 53.6. The maximum Gasteiger partial charge on any atom is 0.227 e. The van der Waals surface area contributed by atoms with Crippen LogP contribution in [-0.2, 0) is 0 Å². The summed E-state index contributed by atoms with van der Waals surface area (Å²) in [4.78, 5) is 9.57. The third-order valence-corrected chi connectivity index (χ3v) is 8.81. The Kier molecular flexibility index (Phi) is 6.79.